The van der Waals surface area contributed by atoms with Gasteiger partial charge in [-0.05, 0) is 25.0 Å². The van der Waals surface area contributed by atoms with Crippen LogP contribution in [0.25, 0.3) is 0 Å². The van der Waals surface area contributed by atoms with Gasteiger partial charge in [-0.2, -0.15) is 0 Å². The fraction of sp³-hybridized carbons (Fsp3) is 0.533. The molecule has 6 heteroatoms. The van der Waals surface area contributed by atoms with Crippen LogP contribution in [0.2, 0.25) is 0 Å². The van der Waals surface area contributed by atoms with Crippen LogP contribution in [0.3, 0.4) is 0 Å². The van der Waals surface area contributed by atoms with Gasteiger partial charge in [-0.3, -0.25) is 4.79 Å². The first kappa shape index (κ1) is 15.3. The van der Waals surface area contributed by atoms with Crippen molar-refractivity contribution in [1.82, 2.24) is 9.88 Å². The maximum atomic E-state index is 12.1. The van der Waals surface area contributed by atoms with E-state index in [1.54, 1.807) is 18.0 Å². The molecule has 0 atom stereocenters. The Morgan fingerprint density at radius 1 is 1.38 bits per heavy atom. The number of carboxylic acids is 1. The summed E-state index contributed by atoms with van der Waals surface area (Å²) in [5.41, 5.74) is -0.175. The third kappa shape index (κ3) is 3.93. The molecule has 1 N–H and O–H groups in total. The first-order valence-corrected chi connectivity index (χ1v) is 7.16. The van der Waals surface area contributed by atoms with Crippen LogP contribution in [0.5, 0.6) is 5.75 Å². The number of carbonyl (C=O) groups is 2. The molecule has 0 aromatic carbocycles. The number of hydrogen-bond donors (Lipinski definition) is 1. The Balaban J connectivity index is 1.93. The van der Waals surface area contributed by atoms with Gasteiger partial charge >= 0.3 is 5.97 Å². The first-order valence-electron chi connectivity index (χ1n) is 7.16. The highest BCUT2D eigenvalue weighted by atomic mass is 16.5. The van der Waals surface area contributed by atoms with E-state index in [0.29, 0.717) is 0 Å². The molecule has 1 aliphatic carbocycles. The van der Waals surface area contributed by atoms with Gasteiger partial charge < -0.3 is 14.7 Å². The van der Waals surface area contributed by atoms with Crippen LogP contribution in [-0.4, -0.2) is 46.6 Å². The van der Waals surface area contributed by atoms with Gasteiger partial charge in [0.25, 0.3) is 5.91 Å². The standard InChI is InChI=1S/C15H20N2O4/c1-17(11-6-3-2-4-7-11)13(18)10-21-12-8-5-9-16-14(12)15(19)20/h5,8-9,11H,2-4,6-7,10H2,1H3,(H,19,20). The zero-order chi connectivity index (χ0) is 15.2. The zero-order valence-corrected chi connectivity index (χ0v) is 12.1. The van der Waals surface area contributed by atoms with Gasteiger partial charge in [0.05, 0.1) is 0 Å². The molecule has 1 amide bonds. The Labute approximate surface area is 123 Å². The second-order valence-electron chi connectivity index (χ2n) is 5.24. The predicted octanol–water partition coefficient (Wildman–Crippen LogP) is 1.95. The number of aromatic carboxylic acids is 1. The monoisotopic (exact) mass is 292 g/mol. The normalized spacial score (nSPS) is 15.5. The number of rotatable bonds is 5. The first-order chi connectivity index (χ1) is 10.1. The highest BCUT2D eigenvalue weighted by molar-refractivity contribution is 5.88. The van der Waals surface area contributed by atoms with Gasteiger partial charge in [0.1, 0.15) is 0 Å². The van der Waals surface area contributed by atoms with Crippen LogP contribution < -0.4 is 4.74 Å². The van der Waals surface area contributed by atoms with E-state index in [1.807, 2.05) is 0 Å². The van der Waals surface area contributed by atoms with Gasteiger partial charge in [-0.15, -0.1) is 0 Å². The lowest BCUT2D eigenvalue weighted by atomic mass is 9.94. The molecule has 1 fully saturated rings. The molecule has 1 saturated carbocycles. The van der Waals surface area contributed by atoms with Crippen molar-refractivity contribution in [2.45, 2.75) is 38.1 Å². The van der Waals surface area contributed by atoms with Crippen molar-refractivity contribution in [3.63, 3.8) is 0 Å². The predicted molar refractivity (Wildman–Crippen MR) is 76.3 cm³/mol. The van der Waals surface area contributed by atoms with Crippen LogP contribution in [-0.2, 0) is 4.79 Å². The van der Waals surface area contributed by atoms with Crippen LogP contribution in [0.4, 0.5) is 0 Å². The van der Waals surface area contributed by atoms with Crippen molar-refractivity contribution in [2.24, 2.45) is 0 Å². The lowest BCUT2D eigenvalue weighted by Gasteiger charge is -2.31. The Morgan fingerprint density at radius 2 is 2.10 bits per heavy atom. The lowest BCUT2D eigenvalue weighted by Crippen LogP contribution is -2.40. The highest BCUT2D eigenvalue weighted by Crippen LogP contribution is 2.22. The van der Waals surface area contributed by atoms with E-state index in [2.05, 4.69) is 4.98 Å². The van der Waals surface area contributed by atoms with E-state index in [4.69, 9.17) is 9.84 Å². The number of pyridine rings is 1. The maximum Gasteiger partial charge on any atom is 0.358 e. The van der Waals surface area contributed by atoms with E-state index in [1.165, 1.54) is 18.7 Å². The minimum Gasteiger partial charge on any atom is -0.481 e. The van der Waals surface area contributed by atoms with E-state index in [-0.39, 0.29) is 30.0 Å². The average molecular weight is 292 g/mol. The van der Waals surface area contributed by atoms with Crippen LogP contribution in [0.15, 0.2) is 18.3 Å². The Bertz CT molecular complexity index is 512. The fourth-order valence-corrected chi connectivity index (χ4v) is 2.58. The maximum absolute atomic E-state index is 12.1. The lowest BCUT2D eigenvalue weighted by molar-refractivity contribution is -0.134. The van der Waals surface area contributed by atoms with Crippen molar-refractivity contribution < 1.29 is 19.4 Å². The van der Waals surface area contributed by atoms with Gasteiger partial charge in [0.15, 0.2) is 18.1 Å². The molecule has 0 saturated heterocycles. The molecule has 0 radical (unpaired) electrons. The minimum absolute atomic E-state index is 0.121. The van der Waals surface area contributed by atoms with E-state index < -0.39 is 5.97 Å². The average Bonchev–Trinajstić information content (AvgIpc) is 2.52. The van der Waals surface area contributed by atoms with Gasteiger partial charge in [-0.1, -0.05) is 19.3 Å². The Kier molecular flexibility index (Phi) is 5.14. The molecule has 114 valence electrons. The second-order valence-corrected chi connectivity index (χ2v) is 5.24. The number of carbonyl (C=O) groups excluding carboxylic acids is 1. The largest absolute Gasteiger partial charge is 0.481 e. The summed E-state index contributed by atoms with van der Waals surface area (Å²) in [4.78, 5) is 28.6. The number of amides is 1. The zero-order valence-electron chi connectivity index (χ0n) is 12.1. The molecule has 0 bridgehead atoms. The number of likely N-dealkylation sites (N-methyl/N-ethyl adjacent to an activating group) is 1. The summed E-state index contributed by atoms with van der Waals surface area (Å²) in [5, 5.41) is 9.01. The van der Waals surface area contributed by atoms with E-state index in [9.17, 15) is 9.59 Å². The topological polar surface area (TPSA) is 79.7 Å². The quantitative estimate of drug-likeness (QED) is 0.897. The summed E-state index contributed by atoms with van der Waals surface area (Å²) >= 11 is 0. The third-order valence-corrected chi connectivity index (χ3v) is 3.84. The molecule has 1 aromatic rings. The fourth-order valence-electron chi connectivity index (χ4n) is 2.58. The molecule has 0 unspecified atom stereocenters. The molecule has 6 nitrogen and oxygen atoms in total. The third-order valence-electron chi connectivity index (χ3n) is 3.84. The number of hydrogen-bond acceptors (Lipinski definition) is 4. The summed E-state index contributed by atoms with van der Waals surface area (Å²) in [5.74, 6) is -1.18. The van der Waals surface area contributed by atoms with E-state index in [0.717, 1.165) is 25.7 Å². The molecule has 1 aliphatic rings. The Hall–Kier alpha value is -2.11. The Morgan fingerprint density at radius 3 is 2.76 bits per heavy atom. The number of nitrogens with zero attached hydrogens (tertiary/aromatic N) is 2. The summed E-state index contributed by atoms with van der Waals surface area (Å²) in [6.07, 6.45) is 6.95. The van der Waals surface area contributed by atoms with Gasteiger partial charge in [-0.25, -0.2) is 9.78 Å². The van der Waals surface area contributed by atoms with Crippen molar-refractivity contribution in [1.29, 1.82) is 0 Å². The number of carboxylic acid groups (broad SMARTS) is 1. The summed E-state index contributed by atoms with van der Waals surface area (Å²) in [6.45, 7) is -0.168. The molecule has 2 rings (SSSR count). The smallest absolute Gasteiger partial charge is 0.358 e. The SMILES string of the molecule is CN(C(=O)COc1cccnc1C(=O)O)C1CCCCC1. The second kappa shape index (κ2) is 7.06. The van der Waals surface area contributed by atoms with Crippen molar-refractivity contribution >= 4 is 11.9 Å². The summed E-state index contributed by atoms with van der Waals surface area (Å²) < 4.78 is 5.34. The van der Waals surface area contributed by atoms with Crippen LogP contribution >= 0.6 is 0 Å². The van der Waals surface area contributed by atoms with Crippen molar-refractivity contribution in [3.05, 3.63) is 24.0 Å². The minimum atomic E-state index is -1.17. The van der Waals surface area contributed by atoms with Gasteiger partial charge in [0, 0.05) is 19.3 Å². The number of aromatic nitrogens is 1. The van der Waals surface area contributed by atoms with Crippen molar-refractivity contribution in [3.8, 4) is 5.75 Å². The van der Waals surface area contributed by atoms with E-state index >= 15 is 0 Å². The summed E-state index contributed by atoms with van der Waals surface area (Å²) in [6, 6.07) is 3.35. The van der Waals surface area contributed by atoms with Crippen LogP contribution in [0.1, 0.15) is 42.6 Å². The molecular weight excluding hydrogens is 272 g/mol. The van der Waals surface area contributed by atoms with Gasteiger partial charge in [0.2, 0.25) is 0 Å². The number of ether oxygens (including phenoxy) is 1. The highest BCUT2D eigenvalue weighted by Gasteiger charge is 2.23. The van der Waals surface area contributed by atoms with Crippen molar-refractivity contribution in [2.75, 3.05) is 13.7 Å². The summed E-state index contributed by atoms with van der Waals surface area (Å²) in [7, 11) is 1.78. The molecule has 0 aliphatic heterocycles. The molecule has 21 heavy (non-hydrogen) atoms. The molecular formula is C15H20N2O4. The molecule has 1 aromatic heterocycles. The van der Waals surface area contributed by atoms with Crippen LogP contribution in [0, 0.1) is 0 Å². The molecule has 0 spiro atoms. The molecule has 1 heterocycles.